The van der Waals surface area contributed by atoms with Gasteiger partial charge in [-0.1, -0.05) is 37.6 Å². The zero-order valence-electron chi connectivity index (χ0n) is 9.86. The van der Waals surface area contributed by atoms with Crippen LogP contribution >= 0.6 is 11.6 Å². The zero-order chi connectivity index (χ0) is 12.1. The van der Waals surface area contributed by atoms with Crippen LogP contribution < -0.4 is 5.73 Å². The second kappa shape index (κ2) is 6.24. The van der Waals surface area contributed by atoms with Crippen LogP contribution in [0.5, 0.6) is 0 Å². The van der Waals surface area contributed by atoms with Crippen molar-refractivity contribution in [2.24, 2.45) is 5.73 Å². The van der Waals surface area contributed by atoms with Gasteiger partial charge in [0.2, 0.25) is 0 Å². The molecule has 0 bridgehead atoms. The van der Waals surface area contributed by atoms with Crippen molar-refractivity contribution in [1.82, 2.24) is 0 Å². The fourth-order valence-corrected chi connectivity index (χ4v) is 1.86. The average Bonchev–Trinajstić information content (AvgIpc) is 2.28. The number of rotatable bonds is 5. The quantitative estimate of drug-likeness (QED) is 0.833. The van der Waals surface area contributed by atoms with Gasteiger partial charge < -0.3 is 10.8 Å². The summed E-state index contributed by atoms with van der Waals surface area (Å²) in [6.07, 6.45) is 1.06. The molecular formula is C13H20ClNO. The van der Waals surface area contributed by atoms with Crippen LogP contribution in [0.15, 0.2) is 24.3 Å². The number of hydrogen-bond donors (Lipinski definition) is 2. The summed E-state index contributed by atoms with van der Waals surface area (Å²) in [5.74, 6) is 0.296. The summed E-state index contributed by atoms with van der Waals surface area (Å²) in [6.45, 7) is 4.08. The standard InChI is InChI=1S/C13H20ClNO/c1-3-12(15)13(16)8-9(2)10-4-6-11(14)7-5-10/h4-7,9,12-13,16H,3,8,15H2,1-2H3. The molecule has 0 aromatic heterocycles. The van der Waals surface area contributed by atoms with E-state index in [-0.39, 0.29) is 6.04 Å². The Bertz CT molecular complexity index is 312. The Morgan fingerprint density at radius 3 is 2.38 bits per heavy atom. The van der Waals surface area contributed by atoms with Crippen LogP contribution in [-0.4, -0.2) is 17.3 Å². The van der Waals surface area contributed by atoms with Gasteiger partial charge in [-0.15, -0.1) is 0 Å². The van der Waals surface area contributed by atoms with Crippen molar-refractivity contribution in [3.8, 4) is 0 Å². The lowest BCUT2D eigenvalue weighted by molar-refractivity contribution is 0.126. The molecule has 90 valence electrons. The second-order valence-electron chi connectivity index (χ2n) is 4.33. The first kappa shape index (κ1) is 13.5. The molecule has 1 aromatic rings. The molecule has 0 aliphatic carbocycles. The number of benzene rings is 1. The van der Waals surface area contributed by atoms with E-state index in [1.807, 2.05) is 31.2 Å². The molecule has 0 aliphatic rings. The molecule has 3 unspecified atom stereocenters. The first-order valence-corrected chi connectivity index (χ1v) is 6.11. The monoisotopic (exact) mass is 241 g/mol. The SMILES string of the molecule is CCC(N)C(O)CC(C)c1ccc(Cl)cc1. The molecule has 1 aromatic carbocycles. The molecular weight excluding hydrogens is 222 g/mol. The van der Waals surface area contributed by atoms with Gasteiger partial charge in [0.05, 0.1) is 6.10 Å². The molecule has 16 heavy (non-hydrogen) atoms. The van der Waals surface area contributed by atoms with Gasteiger partial charge in [0.25, 0.3) is 0 Å². The minimum absolute atomic E-state index is 0.130. The van der Waals surface area contributed by atoms with E-state index in [2.05, 4.69) is 6.92 Å². The Morgan fingerprint density at radius 2 is 1.88 bits per heavy atom. The highest BCUT2D eigenvalue weighted by Gasteiger charge is 2.17. The lowest BCUT2D eigenvalue weighted by Gasteiger charge is -2.21. The molecule has 0 saturated carbocycles. The van der Waals surface area contributed by atoms with Crippen molar-refractivity contribution in [3.05, 3.63) is 34.9 Å². The summed E-state index contributed by atoms with van der Waals surface area (Å²) in [4.78, 5) is 0. The molecule has 3 heteroatoms. The van der Waals surface area contributed by atoms with E-state index >= 15 is 0 Å². The van der Waals surface area contributed by atoms with Crippen molar-refractivity contribution < 1.29 is 5.11 Å². The average molecular weight is 242 g/mol. The molecule has 0 radical (unpaired) electrons. The molecule has 0 amide bonds. The zero-order valence-corrected chi connectivity index (χ0v) is 10.6. The highest BCUT2D eigenvalue weighted by atomic mass is 35.5. The predicted octanol–water partition coefficient (Wildman–Crippen LogP) is 2.93. The number of aliphatic hydroxyl groups is 1. The maximum Gasteiger partial charge on any atom is 0.0696 e. The fraction of sp³-hybridized carbons (Fsp3) is 0.538. The predicted molar refractivity (Wildman–Crippen MR) is 68.8 cm³/mol. The Hall–Kier alpha value is -0.570. The van der Waals surface area contributed by atoms with E-state index in [9.17, 15) is 5.11 Å². The van der Waals surface area contributed by atoms with E-state index in [0.717, 1.165) is 11.4 Å². The van der Waals surface area contributed by atoms with Crippen LogP contribution in [0.25, 0.3) is 0 Å². The number of halogens is 1. The van der Waals surface area contributed by atoms with E-state index in [1.165, 1.54) is 5.56 Å². The molecule has 0 aliphatic heterocycles. The van der Waals surface area contributed by atoms with Gasteiger partial charge in [-0.3, -0.25) is 0 Å². The molecule has 0 heterocycles. The third-order valence-electron chi connectivity index (χ3n) is 3.00. The Labute approximate surface area is 102 Å². The Kier molecular flexibility index (Phi) is 5.26. The first-order chi connectivity index (χ1) is 7.54. The normalized spacial score (nSPS) is 16.8. The van der Waals surface area contributed by atoms with Crippen LogP contribution in [0, 0.1) is 0 Å². The molecule has 0 fully saturated rings. The summed E-state index contributed by atoms with van der Waals surface area (Å²) >= 11 is 5.83. The van der Waals surface area contributed by atoms with Gasteiger partial charge >= 0.3 is 0 Å². The maximum absolute atomic E-state index is 9.85. The molecule has 2 nitrogen and oxygen atoms in total. The third kappa shape index (κ3) is 3.78. The van der Waals surface area contributed by atoms with Gasteiger partial charge in [0.15, 0.2) is 0 Å². The van der Waals surface area contributed by atoms with Gasteiger partial charge in [0, 0.05) is 11.1 Å². The largest absolute Gasteiger partial charge is 0.391 e. The van der Waals surface area contributed by atoms with E-state index in [1.54, 1.807) is 0 Å². The van der Waals surface area contributed by atoms with Crippen LogP contribution in [0.4, 0.5) is 0 Å². The van der Waals surface area contributed by atoms with Crippen LogP contribution in [-0.2, 0) is 0 Å². The van der Waals surface area contributed by atoms with Crippen LogP contribution in [0.2, 0.25) is 5.02 Å². The number of nitrogens with two attached hydrogens (primary N) is 1. The van der Waals surface area contributed by atoms with Gasteiger partial charge in [-0.25, -0.2) is 0 Å². The Balaban J connectivity index is 2.58. The molecule has 3 atom stereocenters. The van der Waals surface area contributed by atoms with Gasteiger partial charge in [-0.2, -0.15) is 0 Å². The van der Waals surface area contributed by atoms with Crippen LogP contribution in [0.3, 0.4) is 0 Å². The minimum atomic E-state index is -0.435. The number of hydrogen-bond acceptors (Lipinski definition) is 2. The van der Waals surface area contributed by atoms with Crippen molar-refractivity contribution >= 4 is 11.6 Å². The Morgan fingerprint density at radius 1 is 1.31 bits per heavy atom. The first-order valence-electron chi connectivity index (χ1n) is 5.73. The molecule has 0 spiro atoms. The minimum Gasteiger partial charge on any atom is -0.391 e. The summed E-state index contributed by atoms with van der Waals surface area (Å²) < 4.78 is 0. The summed E-state index contributed by atoms with van der Waals surface area (Å²) in [7, 11) is 0. The molecule has 0 saturated heterocycles. The topological polar surface area (TPSA) is 46.2 Å². The van der Waals surface area contributed by atoms with Crippen molar-refractivity contribution in [1.29, 1.82) is 0 Å². The molecule has 3 N–H and O–H groups in total. The summed E-state index contributed by atoms with van der Waals surface area (Å²) in [5.41, 5.74) is 6.98. The smallest absolute Gasteiger partial charge is 0.0696 e. The van der Waals surface area contributed by atoms with E-state index in [4.69, 9.17) is 17.3 Å². The van der Waals surface area contributed by atoms with Gasteiger partial charge in [-0.05, 0) is 36.5 Å². The lowest BCUT2D eigenvalue weighted by Crippen LogP contribution is -2.34. The highest BCUT2D eigenvalue weighted by molar-refractivity contribution is 6.30. The fourth-order valence-electron chi connectivity index (χ4n) is 1.74. The van der Waals surface area contributed by atoms with Crippen molar-refractivity contribution in [3.63, 3.8) is 0 Å². The number of aliphatic hydroxyl groups excluding tert-OH is 1. The second-order valence-corrected chi connectivity index (χ2v) is 4.76. The maximum atomic E-state index is 9.85. The molecule has 1 rings (SSSR count). The lowest BCUT2D eigenvalue weighted by atomic mass is 9.92. The van der Waals surface area contributed by atoms with Crippen molar-refractivity contribution in [2.75, 3.05) is 0 Å². The van der Waals surface area contributed by atoms with E-state index in [0.29, 0.717) is 12.3 Å². The van der Waals surface area contributed by atoms with Crippen LogP contribution in [0.1, 0.15) is 38.2 Å². The third-order valence-corrected chi connectivity index (χ3v) is 3.25. The summed E-state index contributed by atoms with van der Waals surface area (Å²) in [5, 5.41) is 10.6. The van der Waals surface area contributed by atoms with E-state index < -0.39 is 6.10 Å². The highest BCUT2D eigenvalue weighted by Crippen LogP contribution is 2.23. The van der Waals surface area contributed by atoms with Crippen molar-refractivity contribution in [2.45, 2.75) is 44.8 Å². The summed E-state index contributed by atoms with van der Waals surface area (Å²) in [6, 6.07) is 7.61. The van der Waals surface area contributed by atoms with Gasteiger partial charge in [0.1, 0.15) is 0 Å².